The van der Waals surface area contributed by atoms with Gasteiger partial charge in [0.1, 0.15) is 0 Å². The van der Waals surface area contributed by atoms with Crippen LogP contribution in [0, 0.1) is 125 Å². The molecule has 0 atom stereocenters. The van der Waals surface area contributed by atoms with E-state index in [0.717, 1.165) is 22.7 Å². The van der Waals surface area contributed by atoms with E-state index in [1.54, 1.807) is 0 Å². The second kappa shape index (κ2) is 27.4. The van der Waals surface area contributed by atoms with Gasteiger partial charge in [0.05, 0.1) is 28.4 Å². The Labute approximate surface area is 732 Å². The SMILES string of the molecule is Cc1cc(C)c(-c2cc3c4c(c2)N(c2ccccc2)c2c(sc5ccccc25)B4c2cc4c(cc2N3)N(c2c(C)cc(C)cc2C)c2cc(-c3c(C)cc(C)cc3C)cc3c2B4c2cc4c(cc2N3c2c(C)cc(C)cc2C)N(c2c(C)cc(C)cc2C)c2cc(-c3c(C)cc(C)cc3C)cc3c2B4c2sc4ccccc4c2N3c2ccccc2)c(C)c1. The molecule has 6 nitrogen and oxygen atoms in total. The first-order chi connectivity index (χ1) is 59.4. The molecule has 15 aromatic carbocycles. The lowest BCUT2D eigenvalue weighted by Crippen LogP contribution is -2.66. The van der Waals surface area contributed by atoms with Crippen molar-refractivity contribution in [2.24, 2.45) is 0 Å². The van der Waals surface area contributed by atoms with Crippen molar-refractivity contribution in [2.45, 2.75) is 125 Å². The van der Waals surface area contributed by atoms with Crippen LogP contribution in [0.3, 0.4) is 0 Å². The molecule has 6 aliphatic rings. The van der Waals surface area contributed by atoms with Gasteiger partial charge in [-0.15, -0.1) is 22.7 Å². The molecule has 6 aliphatic heterocycles. The summed E-state index contributed by atoms with van der Waals surface area (Å²) in [5, 5.41) is 6.97. The molecule has 0 bridgehead atoms. The number of hydrogen-bond acceptors (Lipinski definition) is 8. The first-order valence-electron chi connectivity index (χ1n) is 43.7. The number of anilines is 17. The largest absolute Gasteiger partial charge is 0.356 e. The molecule has 0 saturated heterocycles. The van der Waals surface area contributed by atoms with E-state index in [-0.39, 0.29) is 20.1 Å². The fourth-order valence-corrected chi connectivity index (χ4v) is 26.7. The van der Waals surface area contributed by atoms with Gasteiger partial charge >= 0.3 is 0 Å². The maximum absolute atomic E-state index is 4.44. The third kappa shape index (κ3) is 11.0. The summed E-state index contributed by atoms with van der Waals surface area (Å²) in [6, 6.07) is 96.2. The highest BCUT2D eigenvalue weighted by atomic mass is 32.1. The topological polar surface area (TPSA) is 28.2 Å². The van der Waals surface area contributed by atoms with Gasteiger partial charge in [-0.3, -0.25) is 0 Å². The Balaban J connectivity index is 0.892. The summed E-state index contributed by atoms with van der Waals surface area (Å²) in [6.07, 6.45) is 0. The number of para-hydroxylation sites is 2. The Hall–Kier alpha value is -12.8. The van der Waals surface area contributed by atoms with Gasteiger partial charge in [0, 0.05) is 98.0 Å². The molecule has 23 rings (SSSR count). The van der Waals surface area contributed by atoms with Crippen molar-refractivity contribution < 1.29 is 0 Å². The van der Waals surface area contributed by atoms with Crippen molar-refractivity contribution in [2.75, 3.05) is 29.8 Å². The minimum absolute atomic E-state index is 0.158. The lowest BCUT2D eigenvalue weighted by atomic mass is 9.30. The van der Waals surface area contributed by atoms with Crippen molar-refractivity contribution in [3.8, 4) is 33.4 Å². The van der Waals surface area contributed by atoms with Crippen LogP contribution >= 0.6 is 22.7 Å². The van der Waals surface area contributed by atoms with E-state index in [9.17, 15) is 0 Å². The summed E-state index contributed by atoms with van der Waals surface area (Å²) in [7, 11) is 0. The van der Waals surface area contributed by atoms with Gasteiger partial charge in [-0.05, 0) is 348 Å². The van der Waals surface area contributed by atoms with Gasteiger partial charge in [-0.25, -0.2) is 0 Å². The Morgan fingerprint density at radius 2 is 0.520 bits per heavy atom. The van der Waals surface area contributed by atoms with Crippen molar-refractivity contribution in [1.29, 1.82) is 0 Å². The van der Waals surface area contributed by atoms with Crippen LogP contribution in [-0.2, 0) is 0 Å². The molecule has 0 fully saturated rings. The van der Waals surface area contributed by atoms with Crippen LogP contribution < -0.4 is 77.6 Å². The maximum Gasteiger partial charge on any atom is 0.264 e. The van der Waals surface area contributed by atoms with Gasteiger partial charge < -0.3 is 29.8 Å². The molecule has 1 N–H and O–H groups in total. The summed E-state index contributed by atoms with van der Waals surface area (Å²) in [6.45, 7) is 41.0. The number of nitrogens with zero attached hydrogens (tertiary/aromatic N) is 5. The van der Waals surface area contributed by atoms with Crippen LogP contribution in [0.4, 0.5) is 96.7 Å². The van der Waals surface area contributed by atoms with Gasteiger partial charge in [0.2, 0.25) is 0 Å². The minimum atomic E-state index is -0.310. The molecule has 2 aromatic heterocycles. The van der Waals surface area contributed by atoms with Crippen LogP contribution in [0.5, 0.6) is 0 Å². The minimum Gasteiger partial charge on any atom is -0.356 e. The molecule has 0 unspecified atom stereocenters. The zero-order valence-electron chi connectivity index (χ0n) is 73.4. The average molecular weight is 1620 g/mol. The third-order valence-corrected chi connectivity index (χ3v) is 30.2. The lowest BCUT2D eigenvalue weighted by molar-refractivity contribution is 1.18. The molecule has 0 spiro atoms. The Kier molecular flexibility index (Phi) is 16.7. The number of fused-ring (bicyclic) bond motifs is 16. The molecular weight excluding hydrogens is 1530 g/mol. The summed E-state index contributed by atoms with van der Waals surface area (Å²) in [5.41, 5.74) is 59.3. The Morgan fingerprint density at radius 3 is 0.902 bits per heavy atom. The summed E-state index contributed by atoms with van der Waals surface area (Å²) in [5.74, 6) is 0. The molecule has 123 heavy (non-hydrogen) atoms. The number of aryl methyl sites for hydroxylation is 18. The first kappa shape index (κ1) is 75.2. The van der Waals surface area contributed by atoms with E-state index < -0.39 is 0 Å². The first-order valence-corrected chi connectivity index (χ1v) is 45.3. The second-order valence-electron chi connectivity index (χ2n) is 36.7. The number of hydrogen-bond donors (Lipinski definition) is 1. The quantitative estimate of drug-likeness (QED) is 0.153. The fourth-order valence-electron chi connectivity index (χ4n) is 24.1. The predicted molar refractivity (Wildman–Crippen MR) is 536 cm³/mol. The second-order valence-corrected chi connectivity index (χ2v) is 38.9. The molecule has 11 heteroatoms. The zero-order valence-corrected chi connectivity index (χ0v) is 75.0. The van der Waals surface area contributed by atoms with Gasteiger partial charge in [0.25, 0.3) is 20.1 Å². The van der Waals surface area contributed by atoms with E-state index in [4.69, 9.17) is 0 Å². The normalized spacial score (nSPS) is 13.5. The molecule has 0 saturated carbocycles. The molecule has 8 heterocycles. The van der Waals surface area contributed by atoms with Crippen LogP contribution in [0.25, 0.3) is 53.6 Å². The molecule has 17 aromatic rings. The predicted octanol–water partition coefficient (Wildman–Crippen LogP) is 25.2. The van der Waals surface area contributed by atoms with Gasteiger partial charge in [0.15, 0.2) is 0 Å². The summed E-state index contributed by atoms with van der Waals surface area (Å²) >= 11 is 3.95. The number of thiophene rings is 2. The Bertz CT molecular complexity index is 7440. The van der Waals surface area contributed by atoms with Crippen molar-refractivity contribution in [3.05, 3.63) is 343 Å². The molecule has 0 amide bonds. The van der Waals surface area contributed by atoms with E-state index in [1.807, 2.05) is 22.7 Å². The monoisotopic (exact) mass is 1620 g/mol. The molecule has 594 valence electrons. The fraction of sp³-hybridized carbons (Fsp3) is 0.161. The van der Waals surface area contributed by atoms with E-state index in [0.29, 0.717) is 0 Å². The smallest absolute Gasteiger partial charge is 0.264 e. The Morgan fingerprint density at radius 1 is 0.228 bits per heavy atom. The summed E-state index contributed by atoms with van der Waals surface area (Å²) in [4.78, 5) is 13.6. The van der Waals surface area contributed by atoms with Crippen molar-refractivity contribution in [1.82, 2.24) is 0 Å². The van der Waals surface area contributed by atoms with E-state index in [2.05, 4.69) is 397 Å². The zero-order chi connectivity index (χ0) is 84.2. The van der Waals surface area contributed by atoms with Gasteiger partial charge in [-0.2, -0.15) is 0 Å². The number of benzene rings is 15. The van der Waals surface area contributed by atoms with Crippen LogP contribution in [0.2, 0.25) is 0 Å². The lowest BCUT2D eigenvalue weighted by Gasteiger charge is -2.48. The van der Waals surface area contributed by atoms with Crippen molar-refractivity contribution in [3.63, 3.8) is 0 Å². The molecule has 0 radical (unpaired) electrons. The molecular formula is C112H95B3N6S2. The number of rotatable bonds is 8. The van der Waals surface area contributed by atoms with E-state index in [1.165, 1.54) is 275 Å². The van der Waals surface area contributed by atoms with Crippen molar-refractivity contribution >= 4 is 207 Å². The highest BCUT2D eigenvalue weighted by Crippen LogP contribution is 2.57. The highest BCUT2D eigenvalue weighted by Gasteiger charge is 2.53. The number of nitrogens with one attached hydrogen (secondary N) is 1. The third-order valence-electron chi connectivity index (χ3n) is 27.8. The van der Waals surface area contributed by atoms with Crippen LogP contribution in [-0.4, -0.2) is 20.1 Å². The summed E-state index contributed by atoms with van der Waals surface area (Å²) < 4.78 is 5.25. The van der Waals surface area contributed by atoms with E-state index >= 15 is 0 Å². The van der Waals surface area contributed by atoms with Crippen LogP contribution in [0.1, 0.15) is 100 Å². The van der Waals surface area contributed by atoms with Crippen LogP contribution in [0.15, 0.2) is 243 Å². The maximum atomic E-state index is 4.44. The van der Waals surface area contributed by atoms with Gasteiger partial charge in [-0.1, -0.05) is 191 Å². The molecule has 0 aliphatic carbocycles. The standard InChI is InChI=1S/C112H95B3N6S2/c1-59-37-65(7)100(66(8)38-59)77-49-89-103-93(50-77)117(80-29-21-19-22-30-80)109-82-33-25-27-35-98(82)122-111(109)114(103)84-55-85-90(57-88(84)116-89)119(106-71(13)43-62(4)44-72(106)14)95-52-79(102-69(11)41-61(3)42-70(102)12)53-96-104(95)113(85)86-56-87-92(58-91(86)120(96)107-73(15)45-63(5)46-74(107)16)121(108-75(17)47-64(6)48-76(108)18)97-54-78(101-67(9)39-60(2)40-68(101)10)51-94-105(97)115(87)112-110(83-34-26-28-36-99(83)123-112)118(94)81-31-23-20-24-32-81/h19-58,116H,1-18H3. The highest BCUT2D eigenvalue weighted by molar-refractivity contribution is 7.34. The average Bonchev–Trinajstić information content (AvgIpc) is 1.59.